The standard InChI is InChI=1S/C27H29N2OP/c1-4-12-22(13-5-1)20-23-21-30-27(28-23)26-18-10-11-19-29(26)31(24-14-6-2-7-15-24)25-16-8-3-9-17-25/h1-9,12-17,23,26H,10-11,18-21H2/t23-,26-/m0/s1. The Hall–Kier alpha value is -2.48. The first-order valence-electron chi connectivity index (χ1n) is 11.3. The SMILES string of the molecule is c1ccc(C[C@H]2COC([C@@H]3CCCCN3P(c3ccccc3)c3ccccc3)=N2)cc1. The summed E-state index contributed by atoms with van der Waals surface area (Å²) in [5.74, 6) is 0.958. The van der Waals surface area contributed by atoms with Crippen LogP contribution in [0.25, 0.3) is 0 Å². The van der Waals surface area contributed by atoms with Gasteiger partial charge in [0.25, 0.3) is 0 Å². The number of hydrogen-bond acceptors (Lipinski definition) is 3. The van der Waals surface area contributed by atoms with Crippen LogP contribution in [0.15, 0.2) is 96.0 Å². The first-order valence-corrected chi connectivity index (χ1v) is 12.6. The maximum absolute atomic E-state index is 6.25. The largest absolute Gasteiger partial charge is 0.478 e. The summed E-state index contributed by atoms with van der Waals surface area (Å²) in [6.45, 7) is 1.79. The molecular formula is C27H29N2OP. The van der Waals surface area contributed by atoms with Crippen molar-refractivity contribution in [2.75, 3.05) is 13.2 Å². The van der Waals surface area contributed by atoms with E-state index in [2.05, 4.69) is 95.7 Å². The van der Waals surface area contributed by atoms with E-state index in [1.54, 1.807) is 0 Å². The number of nitrogens with zero attached hydrogens (tertiary/aromatic N) is 2. The third kappa shape index (κ3) is 4.74. The van der Waals surface area contributed by atoms with Gasteiger partial charge in [-0.1, -0.05) is 97.4 Å². The normalized spacial score (nSPS) is 21.6. The molecule has 2 aliphatic heterocycles. The van der Waals surface area contributed by atoms with Crippen LogP contribution in [-0.4, -0.2) is 35.8 Å². The minimum Gasteiger partial charge on any atom is -0.478 e. The highest BCUT2D eigenvalue weighted by atomic mass is 31.1. The van der Waals surface area contributed by atoms with Gasteiger partial charge in [0, 0.05) is 14.6 Å². The van der Waals surface area contributed by atoms with Gasteiger partial charge in [-0.3, -0.25) is 4.67 Å². The number of rotatable bonds is 6. The van der Waals surface area contributed by atoms with Crippen LogP contribution in [0.1, 0.15) is 24.8 Å². The average Bonchev–Trinajstić information content (AvgIpc) is 3.30. The molecule has 158 valence electrons. The fraction of sp³-hybridized carbons (Fsp3) is 0.296. The van der Waals surface area contributed by atoms with Gasteiger partial charge in [0.2, 0.25) is 5.90 Å². The summed E-state index contributed by atoms with van der Waals surface area (Å²) in [7, 11) is -0.614. The highest BCUT2D eigenvalue weighted by Gasteiger charge is 2.37. The first kappa shape index (κ1) is 20.4. The topological polar surface area (TPSA) is 24.8 Å². The summed E-state index contributed by atoms with van der Waals surface area (Å²) in [5, 5.41) is 2.80. The molecular weight excluding hydrogens is 399 g/mol. The van der Waals surface area contributed by atoms with E-state index in [0.29, 0.717) is 6.61 Å². The van der Waals surface area contributed by atoms with E-state index in [0.717, 1.165) is 25.3 Å². The quantitative estimate of drug-likeness (QED) is 0.520. The third-order valence-electron chi connectivity index (χ3n) is 6.07. The Labute approximate surface area is 186 Å². The fourth-order valence-corrected chi connectivity index (χ4v) is 7.23. The lowest BCUT2D eigenvalue weighted by Crippen LogP contribution is -2.45. The molecule has 0 spiro atoms. The van der Waals surface area contributed by atoms with Crippen LogP contribution in [0.3, 0.4) is 0 Å². The Balaban J connectivity index is 1.43. The molecule has 0 saturated carbocycles. The van der Waals surface area contributed by atoms with Gasteiger partial charge in [-0.2, -0.15) is 0 Å². The maximum atomic E-state index is 6.25. The molecule has 1 saturated heterocycles. The smallest absolute Gasteiger partial charge is 0.201 e. The van der Waals surface area contributed by atoms with Crippen molar-refractivity contribution in [3.8, 4) is 0 Å². The summed E-state index contributed by atoms with van der Waals surface area (Å²) in [4.78, 5) is 5.09. The summed E-state index contributed by atoms with van der Waals surface area (Å²) in [6.07, 6.45) is 4.54. The molecule has 2 atom stereocenters. The van der Waals surface area contributed by atoms with Gasteiger partial charge >= 0.3 is 0 Å². The predicted octanol–water partition coefficient (Wildman–Crippen LogP) is 4.93. The van der Waals surface area contributed by atoms with Crippen molar-refractivity contribution >= 4 is 24.6 Å². The lowest BCUT2D eigenvalue weighted by molar-refractivity contribution is 0.254. The molecule has 3 aromatic rings. The van der Waals surface area contributed by atoms with E-state index >= 15 is 0 Å². The van der Waals surface area contributed by atoms with Crippen LogP contribution in [0, 0.1) is 0 Å². The Morgan fingerprint density at radius 1 is 0.806 bits per heavy atom. The number of benzene rings is 3. The molecule has 0 radical (unpaired) electrons. The monoisotopic (exact) mass is 428 g/mol. The van der Waals surface area contributed by atoms with Gasteiger partial charge in [0.1, 0.15) is 6.61 Å². The maximum Gasteiger partial charge on any atom is 0.201 e. The molecule has 0 unspecified atom stereocenters. The molecule has 0 aromatic heterocycles. The lowest BCUT2D eigenvalue weighted by Gasteiger charge is -2.40. The van der Waals surface area contributed by atoms with E-state index in [4.69, 9.17) is 9.73 Å². The van der Waals surface area contributed by atoms with Crippen LogP contribution in [0.4, 0.5) is 0 Å². The Bertz CT molecular complexity index is 954. The highest BCUT2D eigenvalue weighted by Crippen LogP contribution is 2.43. The van der Waals surface area contributed by atoms with Gasteiger partial charge in [0.15, 0.2) is 0 Å². The Morgan fingerprint density at radius 2 is 1.42 bits per heavy atom. The van der Waals surface area contributed by atoms with Crippen LogP contribution >= 0.6 is 8.07 Å². The average molecular weight is 429 g/mol. The molecule has 0 N–H and O–H groups in total. The second-order valence-electron chi connectivity index (χ2n) is 8.28. The molecule has 3 aromatic carbocycles. The molecule has 5 rings (SSSR count). The van der Waals surface area contributed by atoms with Crippen molar-refractivity contribution in [1.29, 1.82) is 0 Å². The molecule has 0 aliphatic carbocycles. The predicted molar refractivity (Wildman–Crippen MR) is 131 cm³/mol. The molecule has 2 aliphatic rings. The van der Waals surface area contributed by atoms with Crippen LogP contribution < -0.4 is 10.6 Å². The van der Waals surface area contributed by atoms with Crippen molar-refractivity contribution < 1.29 is 4.74 Å². The fourth-order valence-electron chi connectivity index (χ4n) is 4.60. The number of hydrogen-bond donors (Lipinski definition) is 0. The van der Waals surface area contributed by atoms with E-state index < -0.39 is 8.07 Å². The zero-order valence-corrected chi connectivity index (χ0v) is 18.7. The van der Waals surface area contributed by atoms with Crippen molar-refractivity contribution in [3.05, 3.63) is 96.6 Å². The van der Waals surface area contributed by atoms with E-state index in [9.17, 15) is 0 Å². The van der Waals surface area contributed by atoms with Crippen molar-refractivity contribution in [3.63, 3.8) is 0 Å². The highest BCUT2D eigenvalue weighted by molar-refractivity contribution is 7.70. The van der Waals surface area contributed by atoms with Gasteiger partial charge < -0.3 is 4.74 Å². The summed E-state index contributed by atoms with van der Waals surface area (Å²) in [6, 6.07) is 33.1. The van der Waals surface area contributed by atoms with Gasteiger partial charge in [-0.25, -0.2) is 4.99 Å². The van der Waals surface area contributed by atoms with Crippen LogP contribution in [0.5, 0.6) is 0 Å². The van der Waals surface area contributed by atoms with Crippen molar-refractivity contribution in [2.24, 2.45) is 4.99 Å². The molecule has 4 heteroatoms. The summed E-state index contributed by atoms with van der Waals surface area (Å²) < 4.78 is 8.94. The first-order chi connectivity index (χ1) is 15.4. The lowest BCUT2D eigenvalue weighted by atomic mass is 10.0. The van der Waals surface area contributed by atoms with Gasteiger partial charge in [-0.15, -0.1) is 0 Å². The van der Waals surface area contributed by atoms with E-state index in [1.807, 2.05) is 0 Å². The number of aliphatic imine (C=N–C) groups is 1. The molecule has 2 heterocycles. The second kappa shape index (κ2) is 9.77. The minimum absolute atomic E-state index is 0.223. The van der Waals surface area contributed by atoms with Crippen molar-refractivity contribution in [1.82, 2.24) is 4.67 Å². The Morgan fingerprint density at radius 3 is 2.06 bits per heavy atom. The van der Waals surface area contributed by atoms with Gasteiger partial charge in [-0.05, 0) is 35.4 Å². The van der Waals surface area contributed by atoms with E-state index in [-0.39, 0.29) is 12.1 Å². The molecule has 3 nitrogen and oxygen atoms in total. The molecule has 1 fully saturated rings. The number of ether oxygens (including phenoxy) is 1. The molecule has 0 amide bonds. The second-order valence-corrected chi connectivity index (χ2v) is 10.4. The van der Waals surface area contributed by atoms with Crippen LogP contribution in [0.2, 0.25) is 0 Å². The number of piperidine rings is 1. The summed E-state index contributed by atoms with van der Waals surface area (Å²) in [5.41, 5.74) is 1.33. The zero-order valence-electron chi connectivity index (χ0n) is 17.8. The van der Waals surface area contributed by atoms with E-state index in [1.165, 1.54) is 29.0 Å². The van der Waals surface area contributed by atoms with Crippen molar-refractivity contribution in [2.45, 2.75) is 37.8 Å². The van der Waals surface area contributed by atoms with Gasteiger partial charge in [0.05, 0.1) is 12.1 Å². The third-order valence-corrected chi connectivity index (χ3v) is 8.63. The molecule has 31 heavy (non-hydrogen) atoms. The van der Waals surface area contributed by atoms with Crippen LogP contribution in [-0.2, 0) is 11.2 Å². The minimum atomic E-state index is -0.614. The Kier molecular flexibility index (Phi) is 6.43. The zero-order chi connectivity index (χ0) is 20.9. The molecule has 0 bridgehead atoms. The summed E-state index contributed by atoms with van der Waals surface area (Å²) >= 11 is 0.